The zero-order chi connectivity index (χ0) is 14.2. The minimum atomic E-state index is 0.0899. The van der Waals surface area contributed by atoms with Crippen LogP contribution in [0.15, 0.2) is 28.2 Å². The van der Waals surface area contributed by atoms with E-state index in [1.54, 1.807) is 0 Å². The Hall–Kier alpha value is -0.880. The zero-order valence-corrected chi connectivity index (χ0v) is 13.0. The van der Waals surface area contributed by atoms with Gasteiger partial charge >= 0.3 is 0 Å². The topological polar surface area (TPSA) is 50.7 Å². The van der Waals surface area contributed by atoms with Gasteiger partial charge in [0.05, 0.1) is 13.2 Å². The van der Waals surface area contributed by atoms with Gasteiger partial charge in [0.2, 0.25) is 0 Å². The van der Waals surface area contributed by atoms with E-state index in [1.165, 1.54) is 5.57 Å². The Kier molecular flexibility index (Phi) is 6.53. The summed E-state index contributed by atoms with van der Waals surface area (Å²) in [5.74, 6) is 0.939. The average Bonchev–Trinajstić information content (AvgIpc) is 2.46. The first kappa shape index (κ1) is 15.5. The molecular formula is C15H20BrNO3. The van der Waals surface area contributed by atoms with Crippen LogP contribution in [-0.4, -0.2) is 44.6 Å². The van der Waals surface area contributed by atoms with Gasteiger partial charge in [-0.2, -0.15) is 0 Å². The van der Waals surface area contributed by atoms with Crippen LogP contribution >= 0.6 is 15.9 Å². The summed E-state index contributed by atoms with van der Waals surface area (Å²) in [6.45, 7) is 3.55. The van der Waals surface area contributed by atoms with Crippen molar-refractivity contribution in [1.29, 1.82) is 0 Å². The summed E-state index contributed by atoms with van der Waals surface area (Å²) in [7, 11) is 0. The molecule has 0 amide bonds. The summed E-state index contributed by atoms with van der Waals surface area (Å²) in [5.41, 5.74) is 2.36. The van der Waals surface area contributed by atoms with Gasteiger partial charge in [0.15, 0.2) is 0 Å². The van der Waals surface area contributed by atoms with Crippen molar-refractivity contribution in [2.24, 2.45) is 0 Å². The Bertz CT molecular complexity index is 462. The number of halogens is 1. The Labute approximate surface area is 127 Å². The summed E-state index contributed by atoms with van der Waals surface area (Å²) in [6.07, 6.45) is 3.12. The molecule has 0 radical (unpaired) electrons. The fourth-order valence-electron chi connectivity index (χ4n) is 2.01. The lowest BCUT2D eigenvalue weighted by Gasteiger charge is -2.18. The first-order valence-corrected chi connectivity index (χ1v) is 7.60. The van der Waals surface area contributed by atoms with E-state index in [0.29, 0.717) is 19.8 Å². The Morgan fingerprint density at radius 3 is 3.10 bits per heavy atom. The van der Waals surface area contributed by atoms with E-state index in [1.807, 2.05) is 12.1 Å². The average molecular weight is 342 g/mol. The minimum absolute atomic E-state index is 0.0899. The van der Waals surface area contributed by atoms with E-state index in [-0.39, 0.29) is 6.61 Å². The molecule has 1 aromatic carbocycles. The molecule has 1 aromatic rings. The number of aliphatic hydroxyl groups is 1. The standard InChI is InChI=1S/C15H20BrNO3/c16-14-2-3-15-13(9-14)8-12(11-20-15)10-17-4-1-6-19-7-5-18/h2-3,8-9,17-18H,1,4-7,10-11H2. The van der Waals surface area contributed by atoms with E-state index in [0.717, 1.165) is 35.3 Å². The van der Waals surface area contributed by atoms with E-state index in [2.05, 4.69) is 33.4 Å². The van der Waals surface area contributed by atoms with Gasteiger partial charge in [-0.05, 0) is 42.8 Å². The molecule has 110 valence electrons. The Balaban J connectivity index is 1.72. The molecule has 1 aliphatic heterocycles. The largest absolute Gasteiger partial charge is 0.489 e. The summed E-state index contributed by atoms with van der Waals surface area (Å²) in [6, 6.07) is 6.04. The number of benzene rings is 1. The number of aliphatic hydroxyl groups excluding tert-OH is 1. The molecule has 0 atom stereocenters. The molecule has 20 heavy (non-hydrogen) atoms. The summed E-state index contributed by atoms with van der Waals surface area (Å²) in [4.78, 5) is 0. The second-order valence-corrected chi connectivity index (χ2v) is 5.56. The maximum atomic E-state index is 8.57. The van der Waals surface area contributed by atoms with Crippen LogP contribution in [0.1, 0.15) is 12.0 Å². The molecule has 0 aromatic heterocycles. The lowest BCUT2D eigenvalue weighted by molar-refractivity contribution is 0.0908. The molecule has 0 spiro atoms. The fourth-order valence-corrected chi connectivity index (χ4v) is 2.39. The van der Waals surface area contributed by atoms with Crippen molar-refractivity contribution < 1.29 is 14.6 Å². The van der Waals surface area contributed by atoms with E-state index < -0.39 is 0 Å². The molecule has 2 rings (SSSR count). The molecule has 2 N–H and O–H groups in total. The Morgan fingerprint density at radius 2 is 2.25 bits per heavy atom. The van der Waals surface area contributed by atoms with Crippen LogP contribution in [-0.2, 0) is 4.74 Å². The number of nitrogens with one attached hydrogen (secondary N) is 1. The third kappa shape index (κ3) is 4.90. The highest BCUT2D eigenvalue weighted by atomic mass is 79.9. The van der Waals surface area contributed by atoms with E-state index in [4.69, 9.17) is 14.6 Å². The normalized spacial score (nSPS) is 13.6. The molecule has 0 bridgehead atoms. The summed E-state index contributed by atoms with van der Waals surface area (Å²) in [5, 5.41) is 11.9. The van der Waals surface area contributed by atoms with Crippen molar-refractivity contribution in [3.63, 3.8) is 0 Å². The molecule has 1 aliphatic rings. The van der Waals surface area contributed by atoms with Gasteiger partial charge in [-0.15, -0.1) is 0 Å². The van der Waals surface area contributed by atoms with Crippen molar-refractivity contribution >= 4 is 22.0 Å². The van der Waals surface area contributed by atoms with Gasteiger partial charge < -0.3 is 19.9 Å². The molecule has 5 heteroatoms. The molecule has 0 unspecified atom stereocenters. The molecule has 1 heterocycles. The van der Waals surface area contributed by atoms with E-state index >= 15 is 0 Å². The van der Waals surface area contributed by atoms with Crippen molar-refractivity contribution in [2.45, 2.75) is 6.42 Å². The van der Waals surface area contributed by atoms with E-state index in [9.17, 15) is 0 Å². The maximum absolute atomic E-state index is 8.57. The highest BCUT2D eigenvalue weighted by Gasteiger charge is 2.11. The predicted molar refractivity (Wildman–Crippen MR) is 83.0 cm³/mol. The molecule has 0 fully saturated rings. The van der Waals surface area contributed by atoms with Crippen LogP contribution in [0.4, 0.5) is 0 Å². The third-order valence-corrected chi connectivity index (χ3v) is 3.47. The fraction of sp³-hybridized carbons (Fsp3) is 0.467. The van der Waals surface area contributed by atoms with Crippen LogP contribution in [0, 0.1) is 0 Å². The van der Waals surface area contributed by atoms with Crippen LogP contribution in [0.2, 0.25) is 0 Å². The van der Waals surface area contributed by atoms with Crippen molar-refractivity contribution in [2.75, 3.05) is 39.5 Å². The number of hydrogen-bond donors (Lipinski definition) is 2. The van der Waals surface area contributed by atoms with Gasteiger partial charge in [-0.3, -0.25) is 0 Å². The molecular weight excluding hydrogens is 322 g/mol. The molecule has 0 saturated heterocycles. The van der Waals surface area contributed by atoms with Crippen LogP contribution < -0.4 is 10.1 Å². The van der Waals surface area contributed by atoms with Gasteiger partial charge in [-0.1, -0.05) is 15.9 Å². The number of hydrogen-bond acceptors (Lipinski definition) is 4. The highest BCUT2D eigenvalue weighted by molar-refractivity contribution is 9.10. The van der Waals surface area contributed by atoms with Gasteiger partial charge in [0.25, 0.3) is 0 Å². The highest BCUT2D eigenvalue weighted by Crippen LogP contribution is 2.28. The maximum Gasteiger partial charge on any atom is 0.127 e. The quantitative estimate of drug-likeness (QED) is 0.712. The smallest absolute Gasteiger partial charge is 0.127 e. The minimum Gasteiger partial charge on any atom is -0.489 e. The number of ether oxygens (including phenoxy) is 2. The predicted octanol–water partition coefficient (Wildman–Crippen LogP) is 2.21. The second-order valence-electron chi connectivity index (χ2n) is 4.64. The second kappa shape index (κ2) is 8.42. The number of fused-ring (bicyclic) bond motifs is 1. The molecule has 0 aliphatic carbocycles. The van der Waals surface area contributed by atoms with Gasteiger partial charge in [-0.25, -0.2) is 0 Å². The lowest BCUT2D eigenvalue weighted by Crippen LogP contribution is -2.23. The third-order valence-electron chi connectivity index (χ3n) is 2.97. The van der Waals surface area contributed by atoms with Gasteiger partial charge in [0, 0.05) is 23.2 Å². The van der Waals surface area contributed by atoms with Crippen molar-refractivity contribution in [3.05, 3.63) is 33.8 Å². The van der Waals surface area contributed by atoms with Crippen molar-refractivity contribution in [1.82, 2.24) is 5.32 Å². The first-order valence-electron chi connectivity index (χ1n) is 6.80. The number of rotatable bonds is 8. The van der Waals surface area contributed by atoms with Gasteiger partial charge in [0.1, 0.15) is 12.4 Å². The van der Waals surface area contributed by atoms with Crippen LogP contribution in [0.25, 0.3) is 6.08 Å². The molecule has 4 nitrogen and oxygen atoms in total. The SMILES string of the molecule is OCCOCCCNCC1=Cc2cc(Br)ccc2OC1. The van der Waals surface area contributed by atoms with Crippen LogP contribution in [0.5, 0.6) is 5.75 Å². The molecule has 0 saturated carbocycles. The first-order chi connectivity index (χ1) is 9.79. The lowest BCUT2D eigenvalue weighted by atomic mass is 10.1. The Morgan fingerprint density at radius 1 is 1.35 bits per heavy atom. The van der Waals surface area contributed by atoms with Crippen LogP contribution in [0.3, 0.4) is 0 Å². The summed E-state index contributed by atoms with van der Waals surface area (Å²) >= 11 is 3.47. The zero-order valence-electron chi connectivity index (χ0n) is 11.4. The van der Waals surface area contributed by atoms with Crippen molar-refractivity contribution in [3.8, 4) is 5.75 Å². The monoisotopic (exact) mass is 341 g/mol. The summed E-state index contributed by atoms with van der Waals surface area (Å²) < 4.78 is 12.0.